The first-order valence-electron chi connectivity index (χ1n) is 39.9. The van der Waals surface area contributed by atoms with Gasteiger partial charge >= 0.3 is 6.18 Å². The molecule has 4 aliphatic heterocycles. The summed E-state index contributed by atoms with van der Waals surface area (Å²) in [4.78, 5) is 196. The van der Waals surface area contributed by atoms with Crippen LogP contribution in [0.25, 0.3) is 0 Å². The Bertz CT molecular complexity index is 3140. The smallest absolute Gasteiger partial charge is 0.378 e. The third-order valence-electron chi connectivity index (χ3n) is 25.1. The number of fused-ring (bicyclic) bond motifs is 2. The van der Waals surface area contributed by atoms with Crippen LogP contribution in [0.4, 0.5) is 13.2 Å². The number of carbonyl (C=O) groups excluding carboxylic acids is 12. The van der Waals surface area contributed by atoms with E-state index in [4.69, 9.17) is 21.1 Å². The molecule has 14 atom stereocenters. The molecule has 8 fully saturated rings. The zero-order valence-corrected chi connectivity index (χ0v) is 66.5. The molecule has 0 aromatic heterocycles. The zero-order chi connectivity index (χ0) is 78.7. The fourth-order valence-electron chi connectivity index (χ4n) is 18.0. The monoisotopic (exact) mass is 1530 g/mol. The van der Waals surface area contributed by atoms with Crippen LogP contribution in [0.2, 0.25) is 0 Å². The van der Waals surface area contributed by atoms with Gasteiger partial charge in [0, 0.05) is 86.4 Å². The van der Waals surface area contributed by atoms with Crippen molar-refractivity contribution in [1.29, 1.82) is 0 Å². The van der Waals surface area contributed by atoms with Gasteiger partial charge in [0.05, 0.1) is 38.2 Å². The number of hydrogen-bond acceptors (Lipinski definition) is 14. The zero-order valence-electron chi connectivity index (χ0n) is 65.8. The molecular weight excluding hydrogens is 1410 g/mol. The summed E-state index contributed by atoms with van der Waals surface area (Å²) in [5.74, 6) is -10.4. The minimum atomic E-state index is -4.53. The first kappa shape index (κ1) is 86.2. The fraction of sp³-hybridized carbons (Fsp3) is 0.844. The quantitative estimate of drug-likeness (QED) is 0.165. The highest BCUT2D eigenvalue weighted by Gasteiger charge is 2.54. The van der Waals surface area contributed by atoms with Crippen molar-refractivity contribution < 1.29 is 80.2 Å². The van der Waals surface area contributed by atoms with E-state index in [1.165, 1.54) is 86.3 Å². The molecule has 3 N–H and O–H groups in total. The van der Waals surface area contributed by atoms with E-state index in [1.807, 2.05) is 20.8 Å². The van der Waals surface area contributed by atoms with Crippen LogP contribution in [0.5, 0.6) is 0 Å². The van der Waals surface area contributed by atoms with Crippen molar-refractivity contribution in [3.05, 3.63) is 0 Å². The maximum atomic E-state index is 15.9. The van der Waals surface area contributed by atoms with Gasteiger partial charge in [0.2, 0.25) is 70.9 Å². The predicted molar refractivity (Wildman–Crippen MR) is 394 cm³/mol. The summed E-state index contributed by atoms with van der Waals surface area (Å²) in [6, 6.07) is -11.1. The molecular formula is C77H124ClF3N12O14. The van der Waals surface area contributed by atoms with Crippen molar-refractivity contribution >= 4 is 82.5 Å². The van der Waals surface area contributed by atoms with Crippen LogP contribution in [0.1, 0.15) is 203 Å². The number of ether oxygens (including phenoxy) is 2. The largest absolute Gasteiger partial charge is 0.393 e. The van der Waals surface area contributed by atoms with Gasteiger partial charge < -0.3 is 69.5 Å². The van der Waals surface area contributed by atoms with E-state index in [1.54, 1.807) is 20.8 Å². The average Bonchev–Trinajstić information content (AvgIpc) is 1.67. The molecule has 26 nitrogen and oxygen atoms in total. The van der Waals surface area contributed by atoms with Crippen LogP contribution in [-0.2, 0) is 67.0 Å². The number of nitrogens with zero attached hydrogens (tertiary/aromatic N) is 9. The van der Waals surface area contributed by atoms with Gasteiger partial charge in [-0.1, -0.05) is 92.4 Å². The second-order valence-electron chi connectivity index (χ2n) is 32.8. The summed E-state index contributed by atoms with van der Waals surface area (Å²) in [5.41, 5.74) is -1.62. The highest BCUT2D eigenvalue weighted by atomic mass is 35.5. The van der Waals surface area contributed by atoms with Crippen molar-refractivity contribution in [2.75, 3.05) is 94.3 Å². The van der Waals surface area contributed by atoms with Crippen molar-refractivity contribution in [3.8, 4) is 0 Å². The lowest BCUT2D eigenvalue weighted by molar-refractivity contribution is -0.182. The summed E-state index contributed by atoms with van der Waals surface area (Å²) >= 11 is 6.47. The van der Waals surface area contributed by atoms with Crippen LogP contribution in [0.15, 0.2) is 0 Å². The third kappa shape index (κ3) is 20.6. The Balaban J connectivity index is 1.20. The van der Waals surface area contributed by atoms with Gasteiger partial charge in [-0.15, -0.1) is 11.6 Å². The van der Waals surface area contributed by atoms with Crippen LogP contribution in [-0.4, -0.2) is 287 Å². The number of amides is 12. The van der Waals surface area contributed by atoms with Crippen molar-refractivity contribution in [3.63, 3.8) is 0 Å². The second-order valence-corrected chi connectivity index (χ2v) is 33.4. The lowest BCUT2D eigenvalue weighted by atomic mass is 9.78. The lowest BCUT2D eigenvalue weighted by Gasteiger charge is -2.46. The highest BCUT2D eigenvalue weighted by Crippen LogP contribution is 2.44. The van der Waals surface area contributed by atoms with Crippen molar-refractivity contribution in [1.82, 2.24) is 60.0 Å². The number of rotatable bonds is 14. The Hall–Kier alpha value is -6.36. The van der Waals surface area contributed by atoms with E-state index in [-0.39, 0.29) is 135 Å². The van der Waals surface area contributed by atoms with Gasteiger partial charge in [0.1, 0.15) is 59.9 Å². The van der Waals surface area contributed by atoms with Gasteiger partial charge in [0.15, 0.2) is 0 Å². The summed E-state index contributed by atoms with van der Waals surface area (Å²) in [6.07, 6.45) is 2.19. The predicted octanol–water partition coefficient (Wildman–Crippen LogP) is 6.12. The number of nitrogens with one attached hydrogen (secondary N) is 3. The minimum absolute atomic E-state index is 0.00694. The van der Waals surface area contributed by atoms with E-state index >= 15 is 47.9 Å². The molecule has 8 rings (SSSR count). The van der Waals surface area contributed by atoms with Gasteiger partial charge in [-0.05, 0) is 133 Å². The third-order valence-corrected chi connectivity index (χ3v) is 25.6. The Labute approximate surface area is 636 Å². The van der Waals surface area contributed by atoms with Crippen molar-refractivity contribution in [2.45, 2.75) is 281 Å². The van der Waals surface area contributed by atoms with E-state index < -0.39 is 185 Å². The summed E-state index contributed by atoms with van der Waals surface area (Å²) < 4.78 is 54.2. The minimum Gasteiger partial charge on any atom is -0.378 e. The molecule has 0 aromatic rings. The normalized spacial score (nSPS) is 32.5. The van der Waals surface area contributed by atoms with Crippen LogP contribution in [0.3, 0.4) is 0 Å². The molecule has 0 bridgehead atoms. The van der Waals surface area contributed by atoms with E-state index in [0.717, 1.165) is 38.5 Å². The molecule has 0 radical (unpaired) electrons. The lowest BCUT2D eigenvalue weighted by Crippen LogP contribution is -2.65. The SMILES string of the molecule is CCO[C@@H]1C[C@H]2C(=O)NC3(CCCC3)C(=O)N(C)[C@@H](C3CCCC3)C(=O)N(C)[C@H](C(=O)N3CCOCC3)CC(=O)N(C)[C@@H](CC(C)C)C(=O)N[C@@H]([C@@H](C)CC)C(=O)N(C)[C@@H](C)C(=O)N3CC[C@H]3C(=O)N(CC)[C@@H](CC3CCC(C)CC3)C(=O)N(C)CC(=O)N[C@@H](CCC3CCC(C(F)(F)F)C(Cl)C3)C(=O)N2C1. The Morgan fingerprint density at radius 3 is 1.89 bits per heavy atom. The van der Waals surface area contributed by atoms with E-state index in [0.29, 0.717) is 38.0 Å². The molecule has 1 spiro atoms. The topological polar surface area (TPSA) is 289 Å². The molecule has 30 heteroatoms. The fourth-order valence-corrected chi connectivity index (χ4v) is 18.5. The maximum Gasteiger partial charge on any atom is 0.393 e. The maximum absolute atomic E-state index is 15.9. The second kappa shape index (κ2) is 38.0. The summed E-state index contributed by atoms with van der Waals surface area (Å²) in [5, 5.41) is 7.69. The molecule has 4 heterocycles. The van der Waals surface area contributed by atoms with Crippen LogP contribution >= 0.6 is 11.6 Å². The Kier molecular flexibility index (Phi) is 30.7. The molecule has 604 valence electrons. The molecule has 107 heavy (non-hydrogen) atoms. The molecule has 4 aliphatic carbocycles. The number of morpholine rings is 1. The van der Waals surface area contributed by atoms with Gasteiger partial charge in [-0.25, -0.2) is 0 Å². The van der Waals surface area contributed by atoms with Gasteiger partial charge in [-0.3, -0.25) is 57.5 Å². The molecule has 4 saturated heterocycles. The van der Waals surface area contributed by atoms with Gasteiger partial charge in [-0.2, -0.15) is 13.2 Å². The van der Waals surface area contributed by atoms with Crippen LogP contribution < -0.4 is 16.0 Å². The number of hydrogen-bond donors (Lipinski definition) is 3. The molecule has 3 unspecified atom stereocenters. The molecule has 12 amide bonds. The summed E-state index contributed by atoms with van der Waals surface area (Å²) in [6.45, 7) is 14.9. The first-order valence-corrected chi connectivity index (χ1v) is 40.3. The molecule has 4 saturated carbocycles. The standard InChI is InChI=1S/C77H124ClF3N12O14/c1-14-48(7)64-73(103)86(10)49(8)68(98)92-34-31-57(92)72(102)91(15-2)61(41-51-25-23-47(6)24-26-51)70(100)85(9)45-62(94)82-56(30-28-50-27-29-54(55(78)40-50)77(79,80)81)69(99)93-44-53(107-16-3)42-59(93)67(97)84-76(32-19-20-33-76)75(105)89(13)65(52-21-17-18-22-52)74(104)88(12)60(71(101)90-35-37-106-38-36-90)43-63(95)87(11)58(39-46(4)5)66(96)83-64/h46-61,64-65H,14-45H2,1-13H3,(H,82,94)(H,83,96)(H,84,97)/t47?,48-,49-,50?,51?,53+,54?,55?,56-,57-,58-,59-,60-,61-,64-,65-/m0/s1. The average molecular weight is 1530 g/mol. The Morgan fingerprint density at radius 2 is 1.31 bits per heavy atom. The van der Waals surface area contributed by atoms with Gasteiger partial charge in [0.25, 0.3) is 0 Å². The van der Waals surface area contributed by atoms with E-state index in [9.17, 15) is 22.8 Å². The number of halogens is 4. The highest BCUT2D eigenvalue weighted by molar-refractivity contribution is 6.21. The van der Waals surface area contributed by atoms with Crippen molar-refractivity contribution in [2.24, 2.45) is 41.4 Å². The number of likely N-dealkylation sites (N-methyl/N-ethyl adjacent to an activating group) is 6. The first-order chi connectivity index (χ1) is 50.6. The number of carbonyl (C=O) groups is 12. The number of alkyl halides is 4. The molecule has 8 aliphatic rings. The summed E-state index contributed by atoms with van der Waals surface area (Å²) in [7, 11) is 7.25. The van der Waals surface area contributed by atoms with E-state index in [2.05, 4.69) is 22.9 Å². The Morgan fingerprint density at radius 1 is 0.664 bits per heavy atom. The van der Waals surface area contributed by atoms with Crippen LogP contribution in [0, 0.1) is 41.4 Å². The molecule has 0 aromatic carbocycles.